The third-order valence-corrected chi connectivity index (χ3v) is 5.84. The van der Waals surface area contributed by atoms with Crippen molar-refractivity contribution in [3.63, 3.8) is 0 Å². The number of nitrogens with one attached hydrogen (secondary N) is 1. The molecule has 1 amide bonds. The van der Waals surface area contributed by atoms with Crippen LogP contribution in [0.4, 0.5) is 0 Å². The fourth-order valence-electron chi connectivity index (χ4n) is 3.98. The van der Waals surface area contributed by atoms with Gasteiger partial charge >= 0.3 is 11.1 Å². The number of carbonyl (C=O) groups is 1. The first kappa shape index (κ1) is 22.3. The topological polar surface area (TPSA) is 73.1 Å². The van der Waals surface area contributed by atoms with Gasteiger partial charge in [-0.25, -0.2) is 0 Å². The van der Waals surface area contributed by atoms with E-state index in [1.165, 1.54) is 9.13 Å². The predicted molar refractivity (Wildman–Crippen MR) is 130 cm³/mol. The van der Waals surface area contributed by atoms with Crippen LogP contribution < -0.4 is 16.4 Å². The third kappa shape index (κ3) is 4.95. The van der Waals surface area contributed by atoms with E-state index < -0.39 is 11.1 Å². The quantitative estimate of drug-likeness (QED) is 0.444. The molecule has 168 valence electrons. The van der Waals surface area contributed by atoms with E-state index in [2.05, 4.69) is 5.32 Å². The SMILES string of the molecule is Cc1ccc(Cn2c(=O)c(=O)n(CCC(=O)N[C@@H](C)c3ccccc3)c3ccccc32)cc1. The molecule has 1 N–H and O–H groups in total. The average molecular weight is 442 g/mol. The summed E-state index contributed by atoms with van der Waals surface area (Å²) in [4.78, 5) is 38.6. The molecule has 0 spiro atoms. The summed E-state index contributed by atoms with van der Waals surface area (Å²) in [6, 6.07) is 24.7. The zero-order chi connectivity index (χ0) is 23.4. The molecule has 1 atom stereocenters. The highest BCUT2D eigenvalue weighted by molar-refractivity contribution is 5.78. The van der Waals surface area contributed by atoms with E-state index in [4.69, 9.17) is 0 Å². The van der Waals surface area contributed by atoms with Gasteiger partial charge in [0.15, 0.2) is 0 Å². The molecule has 6 heteroatoms. The van der Waals surface area contributed by atoms with Crippen molar-refractivity contribution in [3.05, 3.63) is 116 Å². The second-order valence-corrected chi connectivity index (χ2v) is 8.27. The number of carbonyl (C=O) groups excluding carboxylic acids is 1. The molecular weight excluding hydrogens is 414 g/mol. The highest BCUT2D eigenvalue weighted by atomic mass is 16.2. The zero-order valence-corrected chi connectivity index (χ0v) is 18.8. The lowest BCUT2D eigenvalue weighted by Crippen LogP contribution is -2.42. The summed E-state index contributed by atoms with van der Waals surface area (Å²) in [6.07, 6.45) is 0.0997. The first-order valence-corrected chi connectivity index (χ1v) is 11.1. The fraction of sp³-hybridized carbons (Fsp3) is 0.222. The van der Waals surface area contributed by atoms with Crippen LogP contribution in [0.1, 0.15) is 36.1 Å². The van der Waals surface area contributed by atoms with Gasteiger partial charge in [-0.15, -0.1) is 0 Å². The van der Waals surface area contributed by atoms with Crippen molar-refractivity contribution in [1.29, 1.82) is 0 Å². The Morgan fingerprint density at radius 1 is 0.818 bits per heavy atom. The molecule has 1 aromatic heterocycles. The molecule has 6 nitrogen and oxygen atoms in total. The van der Waals surface area contributed by atoms with E-state index in [-0.39, 0.29) is 24.9 Å². The summed E-state index contributed by atoms with van der Waals surface area (Å²) >= 11 is 0. The number of rotatable bonds is 7. The second kappa shape index (κ2) is 9.69. The second-order valence-electron chi connectivity index (χ2n) is 8.27. The summed E-state index contributed by atoms with van der Waals surface area (Å²) in [5, 5.41) is 2.96. The van der Waals surface area contributed by atoms with E-state index in [0.717, 1.165) is 16.7 Å². The molecule has 4 aromatic rings. The monoisotopic (exact) mass is 441 g/mol. The van der Waals surface area contributed by atoms with E-state index >= 15 is 0 Å². The number of aryl methyl sites for hydroxylation is 2. The number of fused-ring (bicyclic) bond motifs is 1. The van der Waals surface area contributed by atoms with Crippen molar-refractivity contribution in [3.8, 4) is 0 Å². The normalized spacial score (nSPS) is 11.9. The summed E-state index contributed by atoms with van der Waals surface area (Å²) in [5.41, 5.74) is 3.17. The van der Waals surface area contributed by atoms with Gasteiger partial charge in [0.1, 0.15) is 0 Å². The molecule has 0 unspecified atom stereocenters. The number of hydrogen-bond acceptors (Lipinski definition) is 3. The van der Waals surface area contributed by atoms with Crippen LogP contribution in [0.3, 0.4) is 0 Å². The molecule has 0 aliphatic heterocycles. The average Bonchev–Trinajstić information content (AvgIpc) is 2.83. The summed E-state index contributed by atoms with van der Waals surface area (Å²) in [7, 11) is 0. The lowest BCUT2D eigenvalue weighted by atomic mass is 10.1. The van der Waals surface area contributed by atoms with Crippen molar-refractivity contribution in [2.24, 2.45) is 0 Å². The van der Waals surface area contributed by atoms with Crippen LogP contribution in [0.25, 0.3) is 11.0 Å². The Morgan fingerprint density at radius 3 is 2.06 bits per heavy atom. The van der Waals surface area contributed by atoms with Crippen LogP contribution in [0.5, 0.6) is 0 Å². The summed E-state index contributed by atoms with van der Waals surface area (Å²) in [6.45, 7) is 4.36. The molecule has 4 rings (SSSR count). The zero-order valence-electron chi connectivity index (χ0n) is 18.8. The van der Waals surface area contributed by atoms with Gasteiger partial charge in [0, 0.05) is 13.0 Å². The number of benzene rings is 3. The maximum absolute atomic E-state index is 13.0. The van der Waals surface area contributed by atoms with E-state index in [1.54, 1.807) is 0 Å². The van der Waals surface area contributed by atoms with Crippen LogP contribution in [-0.2, 0) is 17.9 Å². The Morgan fingerprint density at radius 2 is 1.39 bits per heavy atom. The molecule has 33 heavy (non-hydrogen) atoms. The Labute approximate surface area is 192 Å². The number of hydrogen-bond donors (Lipinski definition) is 1. The smallest absolute Gasteiger partial charge is 0.317 e. The van der Waals surface area contributed by atoms with Crippen molar-refractivity contribution >= 4 is 16.9 Å². The van der Waals surface area contributed by atoms with E-state index in [1.807, 2.05) is 92.7 Å². The highest BCUT2D eigenvalue weighted by Crippen LogP contribution is 2.14. The van der Waals surface area contributed by atoms with Crippen LogP contribution >= 0.6 is 0 Å². The molecule has 1 heterocycles. The van der Waals surface area contributed by atoms with Gasteiger partial charge in [-0.3, -0.25) is 19.0 Å². The van der Waals surface area contributed by atoms with Gasteiger partial charge in [0.25, 0.3) is 0 Å². The van der Waals surface area contributed by atoms with Gasteiger partial charge in [0.05, 0.1) is 23.6 Å². The molecule has 3 aromatic carbocycles. The van der Waals surface area contributed by atoms with Gasteiger partial charge in [-0.05, 0) is 37.1 Å². The molecule has 0 fully saturated rings. The number of amides is 1. The Balaban J connectivity index is 1.59. The minimum absolute atomic E-state index is 0.0997. The standard InChI is InChI=1S/C27H27N3O3/c1-19-12-14-21(15-13-19)18-30-24-11-7-6-10-23(24)29(26(32)27(30)33)17-16-25(31)28-20(2)22-8-4-3-5-9-22/h3-15,20H,16-18H2,1-2H3,(H,28,31)/t20-/m0/s1. The maximum atomic E-state index is 13.0. The minimum atomic E-state index is -0.621. The largest absolute Gasteiger partial charge is 0.350 e. The highest BCUT2D eigenvalue weighted by Gasteiger charge is 2.15. The molecule has 0 bridgehead atoms. The predicted octanol–water partition coefficient (Wildman–Crippen LogP) is 3.79. The van der Waals surface area contributed by atoms with Gasteiger partial charge < -0.3 is 9.88 Å². The van der Waals surface area contributed by atoms with Crippen LogP contribution in [0.15, 0.2) is 88.5 Å². The minimum Gasteiger partial charge on any atom is -0.350 e. The van der Waals surface area contributed by atoms with Crippen LogP contribution in [0, 0.1) is 6.92 Å². The van der Waals surface area contributed by atoms with Crippen molar-refractivity contribution in [1.82, 2.24) is 14.5 Å². The Kier molecular flexibility index (Phi) is 6.54. The summed E-state index contributed by atoms with van der Waals surface area (Å²) in [5.74, 6) is -0.175. The molecule has 0 radical (unpaired) electrons. The van der Waals surface area contributed by atoms with Crippen molar-refractivity contribution in [2.75, 3.05) is 0 Å². The first-order valence-electron chi connectivity index (χ1n) is 11.1. The lowest BCUT2D eigenvalue weighted by molar-refractivity contribution is -0.121. The van der Waals surface area contributed by atoms with Crippen LogP contribution in [-0.4, -0.2) is 15.0 Å². The first-order chi connectivity index (χ1) is 15.9. The molecule has 0 saturated heterocycles. The lowest BCUT2D eigenvalue weighted by Gasteiger charge is -2.17. The number of aromatic nitrogens is 2. The number of para-hydroxylation sites is 2. The third-order valence-electron chi connectivity index (χ3n) is 5.84. The molecular formula is C27H27N3O3. The Hall–Kier alpha value is -3.93. The Bertz CT molecular complexity index is 1390. The van der Waals surface area contributed by atoms with Gasteiger partial charge in [0.2, 0.25) is 5.91 Å². The number of nitrogens with zero attached hydrogens (tertiary/aromatic N) is 2. The molecule has 0 aliphatic carbocycles. The van der Waals surface area contributed by atoms with Crippen LogP contribution in [0.2, 0.25) is 0 Å². The maximum Gasteiger partial charge on any atom is 0.317 e. The van der Waals surface area contributed by atoms with Crippen molar-refractivity contribution < 1.29 is 4.79 Å². The van der Waals surface area contributed by atoms with E-state index in [0.29, 0.717) is 17.6 Å². The molecule has 0 aliphatic rings. The fourth-order valence-corrected chi connectivity index (χ4v) is 3.98. The van der Waals surface area contributed by atoms with E-state index in [9.17, 15) is 14.4 Å². The molecule has 0 saturated carbocycles. The summed E-state index contributed by atoms with van der Waals surface area (Å²) < 4.78 is 2.92. The van der Waals surface area contributed by atoms with Crippen molar-refractivity contribution in [2.45, 2.75) is 39.4 Å². The van der Waals surface area contributed by atoms with Gasteiger partial charge in [-0.2, -0.15) is 0 Å². The van der Waals surface area contributed by atoms with Gasteiger partial charge in [-0.1, -0.05) is 72.3 Å².